The summed E-state index contributed by atoms with van der Waals surface area (Å²) < 4.78 is 37.6. The molecule has 0 N–H and O–H groups in total. The van der Waals surface area contributed by atoms with Crippen LogP contribution in [0.4, 0.5) is 13.2 Å². The van der Waals surface area contributed by atoms with Crippen molar-refractivity contribution in [2.45, 2.75) is 32.9 Å². The summed E-state index contributed by atoms with van der Waals surface area (Å²) in [5, 5.41) is 0. The van der Waals surface area contributed by atoms with E-state index in [-0.39, 0.29) is 12.2 Å². The van der Waals surface area contributed by atoms with Gasteiger partial charge in [-0.2, -0.15) is 13.2 Å². The summed E-state index contributed by atoms with van der Waals surface area (Å²) in [6.45, 7) is 3.15. The highest BCUT2D eigenvalue weighted by atomic mass is 19.4. The molecule has 0 aromatic heterocycles. The number of hydrogen-bond acceptors (Lipinski definition) is 1. The van der Waals surface area contributed by atoms with Gasteiger partial charge in [-0.1, -0.05) is 13.0 Å². The van der Waals surface area contributed by atoms with Crippen LogP contribution in [0.15, 0.2) is 18.2 Å². The minimum atomic E-state index is -4.35. The van der Waals surface area contributed by atoms with Gasteiger partial charge in [0.2, 0.25) is 0 Å². The molecule has 0 atom stereocenters. The number of Topliss-reactive ketones (excluding diaryl/α,β-unsaturated/α-hetero) is 1. The van der Waals surface area contributed by atoms with Gasteiger partial charge in [-0.3, -0.25) is 4.79 Å². The maximum Gasteiger partial charge on any atom is 0.416 e. The molecule has 1 aromatic carbocycles. The normalized spacial score (nSPS) is 11.6. The van der Waals surface area contributed by atoms with Crippen molar-refractivity contribution in [3.05, 3.63) is 34.9 Å². The zero-order chi connectivity index (χ0) is 12.3. The van der Waals surface area contributed by atoms with E-state index in [1.807, 2.05) is 0 Å². The van der Waals surface area contributed by atoms with E-state index >= 15 is 0 Å². The quantitative estimate of drug-likeness (QED) is 0.777. The fraction of sp³-hybridized carbons (Fsp3) is 0.417. The third-order valence-electron chi connectivity index (χ3n) is 2.24. The van der Waals surface area contributed by atoms with Crippen molar-refractivity contribution < 1.29 is 18.0 Å². The van der Waals surface area contributed by atoms with Gasteiger partial charge in [0, 0.05) is 6.42 Å². The molecule has 4 heteroatoms. The van der Waals surface area contributed by atoms with E-state index in [1.165, 1.54) is 6.92 Å². The molecule has 0 heterocycles. The molecule has 0 fully saturated rings. The average Bonchev–Trinajstić information content (AvgIpc) is 2.14. The summed E-state index contributed by atoms with van der Waals surface area (Å²) in [5.41, 5.74) is 0.355. The first-order valence-electron chi connectivity index (χ1n) is 5.02. The third-order valence-corrected chi connectivity index (χ3v) is 2.24. The van der Waals surface area contributed by atoms with Crippen molar-refractivity contribution in [1.82, 2.24) is 0 Å². The highest BCUT2D eigenvalue weighted by molar-refractivity contribution is 5.78. The molecule has 0 saturated carbocycles. The van der Waals surface area contributed by atoms with E-state index in [0.29, 0.717) is 17.5 Å². The van der Waals surface area contributed by atoms with Crippen LogP contribution in [0, 0.1) is 0 Å². The minimum Gasteiger partial charge on any atom is -0.300 e. The molecule has 1 aromatic rings. The van der Waals surface area contributed by atoms with E-state index in [9.17, 15) is 18.0 Å². The van der Waals surface area contributed by atoms with Gasteiger partial charge in [-0.15, -0.1) is 0 Å². The zero-order valence-corrected chi connectivity index (χ0v) is 9.19. The summed E-state index contributed by atoms with van der Waals surface area (Å²) in [4.78, 5) is 10.9. The van der Waals surface area contributed by atoms with E-state index in [1.54, 1.807) is 13.0 Å². The van der Waals surface area contributed by atoms with E-state index in [2.05, 4.69) is 0 Å². The summed E-state index contributed by atoms with van der Waals surface area (Å²) in [5.74, 6) is -0.138. The molecule has 0 aliphatic carbocycles. The lowest BCUT2D eigenvalue weighted by Gasteiger charge is -2.10. The predicted molar refractivity (Wildman–Crippen MR) is 55.2 cm³/mol. The van der Waals surface area contributed by atoms with Crippen molar-refractivity contribution in [2.24, 2.45) is 0 Å². The van der Waals surface area contributed by atoms with Crippen LogP contribution in [0.1, 0.15) is 30.5 Å². The maximum absolute atomic E-state index is 12.5. The molecule has 16 heavy (non-hydrogen) atoms. The number of halogens is 3. The number of alkyl halides is 3. The second-order valence-corrected chi connectivity index (χ2v) is 3.77. The molecular formula is C12H13F3O. The standard InChI is InChI=1S/C12H13F3O/c1-3-9-5-10(4-8(2)16)7-11(6-9)12(13,14)15/h5-7H,3-4H2,1-2H3. The Labute approximate surface area is 92.3 Å². The van der Waals surface area contributed by atoms with Crippen LogP contribution >= 0.6 is 0 Å². The summed E-state index contributed by atoms with van der Waals surface area (Å²) >= 11 is 0. The number of ketones is 1. The lowest BCUT2D eigenvalue weighted by atomic mass is 10.0. The molecule has 0 aliphatic heterocycles. The van der Waals surface area contributed by atoms with Crippen LogP contribution in [-0.4, -0.2) is 5.78 Å². The van der Waals surface area contributed by atoms with Crippen molar-refractivity contribution in [3.8, 4) is 0 Å². The maximum atomic E-state index is 12.5. The smallest absolute Gasteiger partial charge is 0.300 e. The van der Waals surface area contributed by atoms with E-state index in [4.69, 9.17) is 0 Å². The second-order valence-electron chi connectivity index (χ2n) is 3.77. The molecule has 1 rings (SSSR count). The first kappa shape index (κ1) is 12.7. The number of benzene rings is 1. The Morgan fingerprint density at radius 1 is 1.19 bits per heavy atom. The number of aryl methyl sites for hydroxylation is 1. The number of hydrogen-bond donors (Lipinski definition) is 0. The molecular weight excluding hydrogens is 217 g/mol. The monoisotopic (exact) mass is 230 g/mol. The molecule has 1 nitrogen and oxygen atoms in total. The van der Waals surface area contributed by atoms with E-state index < -0.39 is 11.7 Å². The Kier molecular flexibility index (Phi) is 3.73. The number of rotatable bonds is 3. The van der Waals surface area contributed by atoms with Gasteiger partial charge in [0.05, 0.1) is 5.56 Å². The molecule has 0 aliphatic rings. The number of carbonyl (C=O) groups is 1. The van der Waals surface area contributed by atoms with Gasteiger partial charge in [0.15, 0.2) is 0 Å². The molecule has 0 amide bonds. The fourth-order valence-electron chi connectivity index (χ4n) is 1.52. The van der Waals surface area contributed by atoms with Crippen molar-refractivity contribution in [3.63, 3.8) is 0 Å². The summed E-state index contributed by atoms with van der Waals surface area (Å²) in [7, 11) is 0. The van der Waals surface area contributed by atoms with Crippen molar-refractivity contribution in [2.75, 3.05) is 0 Å². The first-order chi connectivity index (χ1) is 7.32. The lowest BCUT2D eigenvalue weighted by molar-refractivity contribution is -0.137. The SMILES string of the molecule is CCc1cc(CC(C)=O)cc(C(F)(F)F)c1. The summed E-state index contributed by atoms with van der Waals surface area (Å²) in [6, 6.07) is 3.82. The van der Waals surface area contributed by atoms with Crippen LogP contribution in [-0.2, 0) is 23.8 Å². The lowest BCUT2D eigenvalue weighted by Crippen LogP contribution is -2.08. The minimum absolute atomic E-state index is 0.0525. The van der Waals surface area contributed by atoms with Crippen molar-refractivity contribution in [1.29, 1.82) is 0 Å². The van der Waals surface area contributed by atoms with Crippen LogP contribution in [0.5, 0.6) is 0 Å². The molecule has 0 radical (unpaired) electrons. The van der Waals surface area contributed by atoms with Crippen molar-refractivity contribution >= 4 is 5.78 Å². The second kappa shape index (κ2) is 4.68. The third kappa shape index (κ3) is 3.36. The molecule has 0 bridgehead atoms. The Balaban J connectivity index is 3.16. The Hall–Kier alpha value is -1.32. The van der Waals surface area contributed by atoms with Crippen LogP contribution in [0.2, 0.25) is 0 Å². The molecule has 0 unspecified atom stereocenters. The Morgan fingerprint density at radius 2 is 1.75 bits per heavy atom. The fourth-order valence-corrected chi connectivity index (χ4v) is 1.52. The highest BCUT2D eigenvalue weighted by Crippen LogP contribution is 2.31. The highest BCUT2D eigenvalue weighted by Gasteiger charge is 2.31. The van der Waals surface area contributed by atoms with Gasteiger partial charge in [-0.05, 0) is 36.6 Å². The largest absolute Gasteiger partial charge is 0.416 e. The topological polar surface area (TPSA) is 17.1 Å². The molecule has 88 valence electrons. The van der Waals surface area contributed by atoms with E-state index in [0.717, 1.165) is 12.1 Å². The van der Waals surface area contributed by atoms with Gasteiger partial charge >= 0.3 is 6.18 Å². The molecule has 0 spiro atoms. The van der Waals surface area contributed by atoms with Crippen LogP contribution in [0.25, 0.3) is 0 Å². The van der Waals surface area contributed by atoms with Crippen LogP contribution in [0.3, 0.4) is 0 Å². The van der Waals surface area contributed by atoms with Crippen LogP contribution < -0.4 is 0 Å². The van der Waals surface area contributed by atoms with Gasteiger partial charge in [0.1, 0.15) is 5.78 Å². The summed E-state index contributed by atoms with van der Waals surface area (Å²) in [6.07, 6.45) is -3.78. The predicted octanol–water partition coefficient (Wildman–Crippen LogP) is 3.40. The van der Waals surface area contributed by atoms with Gasteiger partial charge in [0.25, 0.3) is 0 Å². The number of carbonyl (C=O) groups excluding carboxylic acids is 1. The van der Waals surface area contributed by atoms with Gasteiger partial charge < -0.3 is 0 Å². The Bertz CT molecular complexity index is 394. The zero-order valence-electron chi connectivity index (χ0n) is 9.19. The van der Waals surface area contributed by atoms with Gasteiger partial charge in [-0.25, -0.2) is 0 Å². The first-order valence-corrected chi connectivity index (χ1v) is 5.02. The average molecular weight is 230 g/mol. The molecule has 0 saturated heterocycles. The Morgan fingerprint density at radius 3 is 2.19 bits per heavy atom.